The highest BCUT2D eigenvalue weighted by Crippen LogP contribution is 2.31. The topological polar surface area (TPSA) is 12.0 Å². The molecule has 0 aromatic heterocycles. The van der Waals surface area contributed by atoms with Gasteiger partial charge in [0.25, 0.3) is 0 Å². The quantitative estimate of drug-likeness (QED) is 0.749. The van der Waals surface area contributed by atoms with Gasteiger partial charge in [-0.05, 0) is 48.7 Å². The fourth-order valence-corrected chi connectivity index (χ4v) is 3.10. The molecule has 0 saturated heterocycles. The molecule has 0 aliphatic carbocycles. The zero-order valence-corrected chi connectivity index (χ0v) is 14.1. The van der Waals surface area contributed by atoms with Crippen molar-refractivity contribution in [2.24, 2.45) is 0 Å². The molecule has 1 nitrogen and oxygen atoms in total. The van der Waals surface area contributed by atoms with Gasteiger partial charge < -0.3 is 5.32 Å². The van der Waals surface area contributed by atoms with E-state index < -0.39 is 0 Å². The normalized spacial score (nSPS) is 12.4. The van der Waals surface area contributed by atoms with E-state index in [2.05, 4.69) is 65.4 Å². The monoisotopic (exact) mass is 351 g/mol. The van der Waals surface area contributed by atoms with Gasteiger partial charge in [0.2, 0.25) is 0 Å². The van der Waals surface area contributed by atoms with Gasteiger partial charge in [-0.25, -0.2) is 0 Å². The molecule has 3 heteroatoms. The number of aryl methyl sites for hydroxylation is 1. The Morgan fingerprint density at radius 1 is 1.15 bits per heavy atom. The highest BCUT2D eigenvalue weighted by Gasteiger charge is 2.17. The minimum atomic E-state index is 0.136. The van der Waals surface area contributed by atoms with Crippen molar-refractivity contribution < 1.29 is 0 Å². The zero-order valence-electron chi connectivity index (χ0n) is 11.8. The van der Waals surface area contributed by atoms with Crippen LogP contribution in [0.2, 0.25) is 5.02 Å². The van der Waals surface area contributed by atoms with Gasteiger partial charge in [0.1, 0.15) is 0 Å². The summed E-state index contributed by atoms with van der Waals surface area (Å²) in [5, 5.41) is 4.39. The van der Waals surface area contributed by atoms with E-state index in [1.54, 1.807) is 0 Å². The molecule has 0 saturated carbocycles. The van der Waals surface area contributed by atoms with E-state index in [1.807, 2.05) is 12.1 Å². The fourth-order valence-electron chi connectivity index (χ4n) is 2.32. The number of halogens is 2. The second kappa shape index (κ2) is 7.26. The lowest BCUT2D eigenvalue weighted by atomic mass is 9.95. The van der Waals surface area contributed by atoms with E-state index in [4.69, 9.17) is 11.6 Å². The first-order chi connectivity index (χ1) is 9.63. The van der Waals surface area contributed by atoms with Crippen LogP contribution in [0.1, 0.15) is 36.1 Å². The Morgan fingerprint density at radius 2 is 1.90 bits per heavy atom. The third-order valence-corrected chi connectivity index (χ3v) is 4.19. The summed E-state index contributed by atoms with van der Waals surface area (Å²) in [6, 6.07) is 14.7. The minimum absolute atomic E-state index is 0.136. The zero-order chi connectivity index (χ0) is 14.5. The molecule has 0 spiro atoms. The third kappa shape index (κ3) is 3.63. The summed E-state index contributed by atoms with van der Waals surface area (Å²) in [6.45, 7) is 5.28. The summed E-state index contributed by atoms with van der Waals surface area (Å²) >= 11 is 9.90. The largest absolute Gasteiger partial charge is 0.306 e. The lowest BCUT2D eigenvalue weighted by Crippen LogP contribution is -2.24. The molecule has 0 bridgehead atoms. The van der Waals surface area contributed by atoms with Crippen LogP contribution in [0.25, 0.3) is 0 Å². The molecule has 1 atom stereocenters. The molecule has 0 aliphatic rings. The smallest absolute Gasteiger partial charge is 0.0594 e. The number of hydrogen-bond donors (Lipinski definition) is 1. The summed E-state index contributed by atoms with van der Waals surface area (Å²) in [6.07, 6.45) is 1.09. The first-order valence-corrected chi connectivity index (χ1v) is 8.04. The third-order valence-electron chi connectivity index (χ3n) is 3.37. The molecular formula is C17H19BrClN. The molecule has 2 rings (SSSR count). The van der Waals surface area contributed by atoms with Crippen molar-refractivity contribution in [1.29, 1.82) is 0 Å². The van der Waals surface area contributed by atoms with Crippen LogP contribution in [0.15, 0.2) is 46.9 Å². The predicted molar refractivity (Wildman–Crippen MR) is 90.5 cm³/mol. The van der Waals surface area contributed by atoms with Crippen molar-refractivity contribution >= 4 is 27.5 Å². The van der Waals surface area contributed by atoms with Gasteiger partial charge in [-0.15, -0.1) is 0 Å². The van der Waals surface area contributed by atoms with Crippen molar-refractivity contribution in [3.8, 4) is 0 Å². The van der Waals surface area contributed by atoms with E-state index in [9.17, 15) is 0 Å². The Morgan fingerprint density at radius 3 is 2.55 bits per heavy atom. The molecule has 1 unspecified atom stereocenters. The molecule has 2 aromatic carbocycles. The van der Waals surface area contributed by atoms with E-state index in [-0.39, 0.29) is 6.04 Å². The molecule has 0 amide bonds. The maximum Gasteiger partial charge on any atom is 0.0594 e. The van der Waals surface area contributed by atoms with E-state index >= 15 is 0 Å². The van der Waals surface area contributed by atoms with Gasteiger partial charge in [0, 0.05) is 9.50 Å². The van der Waals surface area contributed by atoms with E-state index in [1.165, 1.54) is 11.1 Å². The van der Waals surface area contributed by atoms with Crippen molar-refractivity contribution in [3.63, 3.8) is 0 Å². The summed E-state index contributed by atoms with van der Waals surface area (Å²) in [4.78, 5) is 0. The average molecular weight is 353 g/mol. The van der Waals surface area contributed by atoms with Gasteiger partial charge in [0.15, 0.2) is 0 Å². The Kier molecular flexibility index (Phi) is 5.64. The highest BCUT2D eigenvalue weighted by atomic mass is 79.9. The van der Waals surface area contributed by atoms with Crippen LogP contribution in [0.3, 0.4) is 0 Å². The highest BCUT2D eigenvalue weighted by molar-refractivity contribution is 9.10. The van der Waals surface area contributed by atoms with Gasteiger partial charge >= 0.3 is 0 Å². The lowest BCUT2D eigenvalue weighted by Gasteiger charge is -2.22. The van der Waals surface area contributed by atoms with Crippen LogP contribution in [-0.2, 0) is 0 Å². The molecular weight excluding hydrogens is 334 g/mol. The van der Waals surface area contributed by atoms with Crippen LogP contribution in [0.4, 0.5) is 0 Å². The van der Waals surface area contributed by atoms with E-state index in [0.717, 1.165) is 28.0 Å². The van der Waals surface area contributed by atoms with Gasteiger partial charge in [0.05, 0.1) is 6.04 Å². The van der Waals surface area contributed by atoms with Crippen molar-refractivity contribution in [1.82, 2.24) is 5.32 Å². The Balaban J connectivity index is 2.44. The number of benzene rings is 2. The van der Waals surface area contributed by atoms with Crippen LogP contribution >= 0.6 is 27.5 Å². The summed E-state index contributed by atoms with van der Waals surface area (Å²) in [7, 11) is 0. The van der Waals surface area contributed by atoms with E-state index in [0.29, 0.717) is 0 Å². The molecule has 106 valence electrons. The number of nitrogens with one attached hydrogen (secondary N) is 1. The van der Waals surface area contributed by atoms with Crippen molar-refractivity contribution in [2.75, 3.05) is 6.54 Å². The lowest BCUT2D eigenvalue weighted by molar-refractivity contribution is 0.596. The molecule has 20 heavy (non-hydrogen) atoms. The first-order valence-electron chi connectivity index (χ1n) is 6.87. The standard InChI is InChI=1S/C17H19BrClN/c1-3-10-20-17(14-7-5-4-6-12(14)2)15-9-8-13(18)11-16(15)19/h4-9,11,17,20H,3,10H2,1-2H3. The first kappa shape index (κ1) is 15.6. The molecule has 2 aromatic rings. The average Bonchev–Trinajstić information content (AvgIpc) is 2.42. The van der Waals surface area contributed by atoms with Gasteiger partial charge in [-0.1, -0.05) is 64.8 Å². The molecule has 0 radical (unpaired) electrons. The maximum atomic E-state index is 6.44. The van der Waals surface area contributed by atoms with Gasteiger partial charge in [-0.3, -0.25) is 0 Å². The second-order valence-electron chi connectivity index (χ2n) is 4.91. The SMILES string of the molecule is CCCNC(c1ccccc1C)c1ccc(Br)cc1Cl. The molecule has 0 aliphatic heterocycles. The summed E-state index contributed by atoms with van der Waals surface area (Å²) in [5.74, 6) is 0. The van der Waals surface area contributed by atoms with Crippen LogP contribution in [0, 0.1) is 6.92 Å². The van der Waals surface area contributed by atoms with Crippen LogP contribution < -0.4 is 5.32 Å². The molecule has 1 N–H and O–H groups in total. The Labute approximate surface area is 134 Å². The van der Waals surface area contributed by atoms with Crippen LogP contribution in [0.5, 0.6) is 0 Å². The van der Waals surface area contributed by atoms with Crippen molar-refractivity contribution in [3.05, 3.63) is 68.7 Å². The number of hydrogen-bond acceptors (Lipinski definition) is 1. The second-order valence-corrected chi connectivity index (χ2v) is 6.23. The summed E-state index contributed by atoms with van der Waals surface area (Å²) in [5.41, 5.74) is 3.68. The molecule has 0 fully saturated rings. The molecule has 0 heterocycles. The Bertz CT molecular complexity index is 583. The summed E-state index contributed by atoms with van der Waals surface area (Å²) < 4.78 is 1.00. The van der Waals surface area contributed by atoms with Crippen LogP contribution in [-0.4, -0.2) is 6.54 Å². The fraction of sp³-hybridized carbons (Fsp3) is 0.294. The predicted octanol–water partition coefficient (Wildman–Crippen LogP) is 5.50. The maximum absolute atomic E-state index is 6.44. The van der Waals surface area contributed by atoms with Crippen molar-refractivity contribution in [2.45, 2.75) is 26.3 Å². The minimum Gasteiger partial charge on any atom is -0.306 e. The Hall–Kier alpha value is -0.830. The number of rotatable bonds is 5. The van der Waals surface area contributed by atoms with Gasteiger partial charge in [-0.2, -0.15) is 0 Å².